The molecule has 1 aromatic carbocycles. The van der Waals surface area contributed by atoms with Gasteiger partial charge >= 0.3 is 0 Å². The molecule has 0 aliphatic carbocycles. The maximum atomic E-state index is 12.2. The van der Waals surface area contributed by atoms with Crippen molar-refractivity contribution in [2.24, 2.45) is 0 Å². The standard InChI is InChI=1S/C18H29N3O3.2ClH/c1-19-6-4-5-18(22)21-9-7-20(8-10-21)14-15-11-16(23-2)13-17(12-15)24-3;;/h11-13,19H,4-10,14H2,1-3H3;2*1H. The summed E-state index contributed by atoms with van der Waals surface area (Å²) in [5, 5.41) is 3.08. The quantitative estimate of drug-likeness (QED) is 0.669. The van der Waals surface area contributed by atoms with Gasteiger partial charge in [-0.1, -0.05) is 0 Å². The van der Waals surface area contributed by atoms with Crippen LogP contribution in [0.2, 0.25) is 0 Å². The van der Waals surface area contributed by atoms with E-state index in [2.05, 4.69) is 10.2 Å². The second-order valence-electron chi connectivity index (χ2n) is 6.08. The normalized spacial score (nSPS) is 14.2. The monoisotopic (exact) mass is 407 g/mol. The van der Waals surface area contributed by atoms with Gasteiger partial charge in [0.05, 0.1) is 14.2 Å². The molecule has 1 aromatic rings. The fraction of sp³-hybridized carbons (Fsp3) is 0.611. The Hall–Kier alpha value is -1.21. The van der Waals surface area contributed by atoms with Gasteiger partial charge in [0.1, 0.15) is 11.5 Å². The van der Waals surface area contributed by atoms with E-state index in [-0.39, 0.29) is 30.7 Å². The van der Waals surface area contributed by atoms with Crippen LogP contribution in [0.4, 0.5) is 0 Å². The lowest BCUT2D eigenvalue weighted by Crippen LogP contribution is -2.48. The smallest absolute Gasteiger partial charge is 0.222 e. The minimum atomic E-state index is 0. The van der Waals surface area contributed by atoms with E-state index in [1.807, 2.05) is 30.1 Å². The van der Waals surface area contributed by atoms with E-state index in [1.165, 1.54) is 5.56 Å². The van der Waals surface area contributed by atoms with Crippen molar-refractivity contribution in [3.63, 3.8) is 0 Å². The molecule has 8 heteroatoms. The molecule has 0 saturated carbocycles. The first kappa shape index (κ1) is 24.8. The van der Waals surface area contributed by atoms with Crippen molar-refractivity contribution < 1.29 is 14.3 Å². The van der Waals surface area contributed by atoms with Crippen molar-refractivity contribution >= 4 is 30.7 Å². The van der Waals surface area contributed by atoms with E-state index >= 15 is 0 Å². The Labute approximate surface area is 169 Å². The van der Waals surface area contributed by atoms with E-state index in [1.54, 1.807) is 14.2 Å². The number of carbonyl (C=O) groups is 1. The molecule has 0 atom stereocenters. The van der Waals surface area contributed by atoms with Gasteiger partial charge in [0, 0.05) is 45.2 Å². The number of hydrogen-bond acceptors (Lipinski definition) is 5. The van der Waals surface area contributed by atoms with Crippen LogP contribution in [0, 0.1) is 0 Å². The van der Waals surface area contributed by atoms with Crippen LogP contribution in [0.25, 0.3) is 0 Å². The SMILES string of the molecule is CNCCCC(=O)N1CCN(Cc2cc(OC)cc(OC)c2)CC1.Cl.Cl. The maximum absolute atomic E-state index is 12.2. The molecule has 0 unspecified atom stereocenters. The van der Waals surface area contributed by atoms with Crippen molar-refractivity contribution in [1.29, 1.82) is 0 Å². The molecule has 1 amide bonds. The number of rotatable bonds is 8. The van der Waals surface area contributed by atoms with E-state index in [9.17, 15) is 4.79 Å². The number of nitrogens with one attached hydrogen (secondary N) is 1. The zero-order chi connectivity index (χ0) is 17.4. The number of halogens is 2. The lowest BCUT2D eigenvalue weighted by Gasteiger charge is -2.35. The highest BCUT2D eigenvalue weighted by Gasteiger charge is 2.20. The van der Waals surface area contributed by atoms with Crippen LogP contribution in [0.5, 0.6) is 11.5 Å². The molecule has 1 fully saturated rings. The summed E-state index contributed by atoms with van der Waals surface area (Å²) >= 11 is 0. The van der Waals surface area contributed by atoms with E-state index < -0.39 is 0 Å². The summed E-state index contributed by atoms with van der Waals surface area (Å²) in [5.74, 6) is 1.89. The highest BCUT2D eigenvalue weighted by Crippen LogP contribution is 2.23. The van der Waals surface area contributed by atoms with Crippen LogP contribution in [0.1, 0.15) is 18.4 Å². The highest BCUT2D eigenvalue weighted by molar-refractivity contribution is 5.85. The van der Waals surface area contributed by atoms with Crippen molar-refractivity contribution in [3.05, 3.63) is 23.8 Å². The number of nitrogens with zero attached hydrogens (tertiary/aromatic N) is 2. The molecule has 1 heterocycles. The number of hydrogen-bond donors (Lipinski definition) is 1. The average molecular weight is 408 g/mol. The summed E-state index contributed by atoms with van der Waals surface area (Å²) in [6, 6.07) is 5.96. The van der Waals surface area contributed by atoms with Gasteiger partial charge in [-0.25, -0.2) is 0 Å². The second-order valence-corrected chi connectivity index (χ2v) is 6.08. The van der Waals surface area contributed by atoms with Crippen LogP contribution in [0.3, 0.4) is 0 Å². The predicted octanol–water partition coefficient (Wildman–Crippen LogP) is 2.19. The summed E-state index contributed by atoms with van der Waals surface area (Å²) in [7, 11) is 5.24. The molecule has 0 bridgehead atoms. The first-order valence-electron chi connectivity index (χ1n) is 8.53. The molecule has 2 rings (SSSR count). The number of piperazine rings is 1. The lowest BCUT2D eigenvalue weighted by atomic mass is 10.1. The molecule has 0 spiro atoms. The van der Waals surface area contributed by atoms with Crippen LogP contribution in [0.15, 0.2) is 18.2 Å². The third-order valence-corrected chi connectivity index (χ3v) is 4.36. The van der Waals surface area contributed by atoms with Crippen molar-refractivity contribution in [2.75, 3.05) is 54.0 Å². The van der Waals surface area contributed by atoms with Gasteiger partial charge in [-0.2, -0.15) is 0 Å². The van der Waals surface area contributed by atoms with Gasteiger partial charge in [0.2, 0.25) is 5.91 Å². The number of amides is 1. The van der Waals surface area contributed by atoms with Gasteiger partial charge in [-0.05, 0) is 37.7 Å². The molecule has 1 aliphatic heterocycles. The molecule has 0 aromatic heterocycles. The first-order valence-corrected chi connectivity index (χ1v) is 8.53. The van der Waals surface area contributed by atoms with Crippen molar-refractivity contribution in [2.45, 2.75) is 19.4 Å². The Morgan fingerprint density at radius 1 is 1.04 bits per heavy atom. The van der Waals surface area contributed by atoms with Crippen LogP contribution < -0.4 is 14.8 Å². The number of carbonyl (C=O) groups excluding carboxylic acids is 1. The van der Waals surface area contributed by atoms with Gasteiger partial charge in [-0.3, -0.25) is 9.69 Å². The van der Waals surface area contributed by atoms with Gasteiger partial charge in [-0.15, -0.1) is 24.8 Å². The molecule has 1 saturated heterocycles. The number of ether oxygens (including phenoxy) is 2. The Bertz CT molecular complexity index is 516. The average Bonchev–Trinajstić information content (AvgIpc) is 2.62. The molecule has 26 heavy (non-hydrogen) atoms. The van der Waals surface area contributed by atoms with E-state index in [0.29, 0.717) is 6.42 Å². The maximum Gasteiger partial charge on any atom is 0.222 e. The second kappa shape index (κ2) is 13.0. The fourth-order valence-electron chi connectivity index (χ4n) is 2.95. The first-order chi connectivity index (χ1) is 11.7. The predicted molar refractivity (Wildman–Crippen MR) is 109 cm³/mol. The molecular weight excluding hydrogens is 377 g/mol. The molecule has 1 aliphatic rings. The van der Waals surface area contributed by atoms with E-state index in [4.69, 9.17) is 9.47 Å². The van der Waals surface area contributed by atoms with Crippen LogP contribution in [-0.2, 0) is 11.3 Å². The largest absolute Gasteiger partial charge is 0.497 e. The van der Waals surface area contributed by atoms with Crippen molar-refractivity contribution in [3.8, 4) is 11.5 Å². The Kier molecular flexibility index (Phi) is 12.4. The molecule has 0 radical (unpaired) electrons. The summed E-state index contributed by atoms with van der Waals surface area (Å²) in [6.07, 6.45) is 1.53. The lowest BCUT2D eigenvalue weighted by molar-refractivity contribution is -0.133. The molecule has 1 N–H and O–H groups in total. The molecular formula is C18H31Cl2N3O3. The topological polar surface area (TPSA) is 54.0 Å². The van der Waals surface area contributed by atoms with Gasteiger partial charge in [0.15, 0.2) is 0 Å². The zero-order valence-electron chi connectivity index (χ0n) is 15.8. The fourth-order valence-corrected chi connectivity index (χ4v) is 2.95. The number of benzene rings is 1. The Balaban J connectivity index is 0.00000312. The molecule has 150 valence electrons. The van der Waals surface area contributed by atoms with Crippen LogP contribution in [-0.4, -0.2) is 69.7 Å². The number of methoxy groups -OCH3 is 2. The van der Waals surface area contributed by atoms with Gasteiger partial charge < -0.3 is 19.7 Å². The van der Waals surface area contributed by atoms with E-state index in [0.717, 1.165) is 57.2 Å². The summed E-state index contributed by atoms with van der Waals surface area (Å²) < 4.78 is 10.7. The highest BCUT2D eigenvalue weighted by atomic mass is 35.5. The van der Waals surface area contributed by atoms with Gasteiger partial charge in [0.25, 0.3) is 0 Å². The minimum absolute atomic E-state index is 0. The molecule has 6 nitrogen and oxygen atoms in total. The Morgan fingerprint density at radius 2 is 1.62 bits per heavy atom. The third-order valence-electron chi connectivity index (χ3n) is 4.36. The van der Waals surface area contributed by atoms with Crippen molar-refractivity contribution in [1.82, 2.24) is 15.1 Å². The summed E-state index contributed by atoms with van der Waals surface area (Å²) in [6.45, 7) is 5.15. The Morgan fingerprint density at radius 3 is 2.12 bits per heavy atom. The minimum Gasteiger partial charge on any atom is -0.497 e. The zero-order valence-corrected chi connectivity index (χ0v) is 17.5. The van der Waals surface area contributed by atoms with Crippen LogP contribution >= 0.6 is 24.8 Å². The summed E-state index contributed by atoms with van der Waals surface area (Å²) in [4.78, 5) is 16.5. The summed E-state index contributed by atoms with van der Waals surface area (Å²) in [5.41, 5.74) is 1.17. The third kappa shape index (κ3) is 7.58.